The first kappa shape index (κ1) is 30.5. The van der Waals surface area contributed by atoms with Crippen molar-refractivity contribution in [3.8, 4) is 0 Å². The number of carboxylic acid groups (broad SMARTS) is 2. The number of thioether (sulfide) groups is 1. The van der Waals surface area contributed by atoms with Crippen molar-refractivity contribution in [3.63, 3.8) is 0 Å². The second kappa shape index (κ2) is 11.6. The molecule has 1 saturated heterocycles. The number of nitrogens with one attached hydrogen (secondary N) is 2. The number of hydrogen-bond donors (Lipinski definition) is 7. The van der Waals surface area contributed by atoms with Gasteiger partial charge in [-0.05, 0) is 20.3 Å². The number of anilines is 2. The van der Waals surface area contributed by atoms with E-state index in [4.69, 9.17) is 22.0 Å². The Balaban J connectivity index is 1.38. The number of amides is 2. The fourth-order valence-electron chi connectivity index (χ4n) is 4.67. The van der Waals surface area contributed by atoms with Gasteiger partial charge in [0, 0.05) is 29.4 Å². The third kappa shape index (κ3) is 5.69. The molecule has 2 aromatic heterocycles. The van der Waals surface area contributed by atoms with Gasteiger partial charge in [-0.1, -0.05) is 5.16 Å². The highest BCUT2D eigenvalue weighted by Gasteiger charge is 2.55. The maximum atomic E-state index is 13.3. The quantitative estimate of drug-likeness (QED) is 0.0480. The molecule has 3 aliphatic rings. The van der Waals surface area contributed by atoms with E-state index < -0.39 is 46.5 Å². The number of carbonyl (C=O) groups excluding carboxylic acids is 2. The summed E-state index contributed by atoms with van der Waals surface area (Å²) in [4.78, 5) is 64.8. The topological polar surface area (TPSA) is 283 Å². The molecule has 3 aliphatic heterocycles. The average molecular weight is 650 g/mol. The van der Waals surface area contributed by atoms with E-state index in [-0.39, 0.29) is 34.9 Å². The summed E-state index contributed by atoms with van der Waals surface area (Å²) in [6.07, 6.45) is 2.52. The third-order valence-electron chi connectivity index (χ3n) is 6.81. The summed E-state index contributed by atoms with van der Waals surface area (Å²) in [6.45, 7) is 3.94. The molecule has 0 unspecified atom stereocenters. The number of carbonyl (C=O) groups is 4. The molecule has 10 N–H and O–H groups in total. The van der Waals surface area contributed by atoms with Crippen LogP contribution < -0.4 is 32.5 Å². The van der Waals surface area contributed by atoms with Crippen molar-refractivity contribution in [2.75, 3.05) is 23.3 Å². The summed E-state index contributed by atoms with van der Waals surface area (Å²) in [5, 5.41) is 28.2. The summed E-state index contributed by atoms with van der Waals surface area (Å²) in [5.41, 5.74) is 15.3. The van der Waals surface area contributed by atoms with Crippen LogP contribution in [0.4, 0.5) is 16.6 Å². The van der Waals surface area contributed by atoms with Crippen LogP contribution in [-0.2, 0) is 37.1 Å². The number of nitrogens with two attached hydrogens (primary N) is 3. The molecular formula is C23H29N12O7S2+. The molecule has 2 aromatic rings. The van der Waals surface area contributed by atoms with E-state index in [9.17, 15) is 29.4 Å². The first-order chi connectivity index (χ1) is 20.8. The van der Waals surface area contributed by atoms with Gasteiger partial charge < -0.3 is 42.9 Å². The largest absolute Gasteiger partial charge is 0.478 e. The summed E-state index contributed by atoms with van der Waals surface area (Å²) >= 11 is 2.04. The molecule has 0 spiro atoms. The van der Waals surface area contributed by atoms with Crippen molar-refractivity contribution in [2.45, 2.75) is 50.4 Å². The number of rotatable bonds is 10. The number of oxime groups is 1. The first-order valence-corrected chi connectivity index (χ1v) is 14.9. The smallest absolute Gasteiger partial charge is 0.352 e. The third-order valence-corrected chi connectivity index (χ3v) is 8.69. The van der Waals surface area contributed by atoms with Crippen molar-refractivity contribution in [1.82, 2.24) is 24.3 Å². The predicted octanol–water partition coefficient (Wildman–Crippen LogP) is -2.05. The van der Waals surface area contributed by atoms with E-state index in [1.54, 1.807) is 10.9 Å². The molecule has 5 heterocycles. The fraction of sp³-hybridized carbons (Fsp3) is 0.435. The standard InChI is InChI=1S/C23H28N12O7S2/c1-23(2,20(40)41)42-31-11(14-30-22(26)44-32-14)16(36)29-12-17(37)35-13(19(38)39)9(8-43-18(12)35)6-33-7-10(28-21(24)25)15-27-4-3-5-34(15)33/h7,12,18H,3-6,8H2,1-2H3,(H9,24,25,26,28,29,30,32,36,38,39,40,41)/p+1/b31-11-/t12-,18-/m1/s1. The zero-order valence-electron chi connectivity index (χ0n) is 23.4. The second-order valence-corrected chi connectivity index (χ2v) is 12.2. The Kier molecular flexibility index (Phi) is 8.07. The van der Waals surface area contributed by atoms with E-state index in [0.29, 0.717) is 23.6 Å². The number of hydrogen-bond acceptors (Lipinski definition) is 13. The van der Waals surface area contributed by atoms with Gasteiger partial charge in [0.2, 0.25) is 23.3 Å². The Bertz CT molecular complexity index is 1640. The Labute approximate surface area is 256 Å². The summed E-state index contributed by atoms with van der Waals surface area (Å²) in [7, 11) is 0. The molecule has 2 atom stereocenters. The minimum Gasteiger partial charge on any atom is -0.478 e. The van der Waals surface area contributed by atoms with Gasteiger partial charge >= 0.3 is 11.9 Å². The molecule has 21 heteroatoms. The van der Waals surface area contributed by atoms with E-state index in [2.05, 4.69) is 30.1 Å². The lowest BCUT2D eigenvalue weighted by Gasteiger charge is -2.49. The number of β-lactam (4-membered cyclic amide) rings is 1. The van der Waals surface area contributed by atoms with Crippen LogP contribution in [0.1, 0.15) is 26.1 Å². The minimum absolute atomic E-state index is 0.0128. The van der Waals surface area contributed by atoms with E-state index >= 15 is 0 Å². The van der Waals surface area contributed by atoms with Crippen molar-refractivity contribution in [2.24, 2.45) is 21.6 Å². The van der Waals surface area contributed by atoms with Gasteiger partial charge in [-0.25, -0.2) is 14.6 Å². The van der Waals surface area contributed by atoms with Crippen molar-refractivity contribution < 1.29 is 38.9 Å². The summed E-state index contributed by atoms with van der Waals surface area (Å²) < 4.78 is 7.64. The molecule has 44 heavy (non-hydrogen) atoms. The second-order valence-electron chi connectivity index (χ2n) is 10.3. The predicted molar refractivity (Wildman–Crippen MR) is 157 cm³/mol. The molecule has 19 nitrogen and oxygen atoms in total. The fourth-order valence-corrected chi connectivity index (χ4v) is 6.44. The van der Waals surface area contributed by atoms with Gasteiger partial charge in [-0.3, -0.25) is 14.5 Å². The summed E-state index contributed by atoms with van der Waals surface area (Å²) in [6, 6.07) is -1.12. The number of aliphatic imine (C=N–C) groups is 1. The van der Waals surface area contributed by atoms with Crippen LogP contribution in [-0.4, -0.2) is 93.9 Å². The van der Waals surface area contributed by atoms with Gasteiger partial charge in [-0.15, -0.1) is 21.1 Å². The van der Waals surface area contributed by atoms with Crippen LogP contribution in [0.15, 0.2) is 27.6 Å². The SMILES string of the molecule is CC(C)(O/N=C(\C(=O)N[C@@H]1C(=O)N2C(C(=O)O)=C(C[n+]3cc(N=C(N)N)c4n3CCCN4)CS[C@H]12)c1nsc(N)n1)C(=O)O. The van der Waals surface area contributed by atoms with E-state index in [0.717, 1.165) is 29.4 Å². The molecule has 0 bridgehead atoms. The highest BCUT2D eigenvalue weighted by molar-refractivity contribution is 8.00. The number of aliphatic carboxylic acids is 2. The maximum Gasteiger partial charge on any atom is 0.352 e. The number of nitrogen functional groups attached to an aromatic ring is 1. The number of nitrogens with zero attached hydrogens (tertiary/aromatic N) is 7. The van der Waals surface area contributed by atoms with E-state index in [1.807, 2.05) is 4.68 Å². The van der Waals surface area contributed by atoms with Crippen molar-refractivity contribution in [1.29, 1.82) is 0 Å². The van der Waals surface area contributed by atoms with Crippen LogP contribution in [0.3, 0.4) is 0 Å². The zero-order valence-corrected chi connectivity index (χ0v) is 25.0. The zero-order chi connectivity index (χ0) is 31.9. The average Bonchev–Trinajstić information content (AvgIpc) is 3.54. The Morgan fingerprint density at radius 2 is 2.07 bits per heavy atom. The lowest BCUT2D eigenvalue weighted by atomic mass is 10.0. The van der Waals surface area contributed by atoms with Crippen LogP contribution in [0.25, 0.3) is 0 Å². The number of aromatic nitrogens is 4. The molecule has 0 aromatic carbocycles. The molecule has 2 amide bonds. The minimum atomic E-state index is -1.80. The van der Waals surface area contributed by atoms with Gasteiger partial charge in [0.25, 0.3) is 11.8 Å². The Morgan fingerprint density at radius 3 is 2.70 bits per heavy atom. The maximum absolute atomic E-state index is 13.3. The first-order valence-electron chi connectivity index (χ1n) is 13.0. The highest BCUT2D eigenvalue weighted by Crippen LogP contribution is 2.40. The van der Waals surface area contributed by atoms with Crippen LogP contribution in [0, 0.1) is 0 Å². The molecule has 0 aliphatic carbocycles. The normalized spacial score (nSPS) is 19.7. The molecule has 234 valence electrons. The Hall–Kier alpha value is -4.92. The Morgan fingerprint density at radius 1 is 1.32 bits per heavy atom. The lowest BCUT2D eigenvalue weighted by Crippen LogP contribution is -2.71. The molecule has 0 radical (unpaired) electrons. The molecule has 5 rings (SSSR count). The van der Waals surface area contributed by atoms with Gasteiger partial charge in [0.05, 0.1) is 6.54 Å². The van der Waals surface area contributed by atoms with Crippen LogP contribution >= 0.6 is 23.3 Å². The van der Waals surface area contributed by atoms with Gasteiger partial charge in [-0.2, -0.15) is 9.36 Å². The monoisotopic (exact) mass is 649 g/mol. The highest BCUT2D eigenvalue weighted by atomic mass is 32.2. The molecule has 0 saturated carbocycles. The number of carboxylic acids is 2. The molecular weight excluding hydrogens is 620 g/mol. The van der Waals surface area contributed by atoms with Crippen molar-refractivity contribution >= 4 is 75.4 Å². The summed E-state index contributed by atoms with van der Waals surface area (Å²) in [5.74, 6) is -3.68. The van der Waals surface area contributed by atoms with Gasteiger partial charge in [0.1, 0.15) is 17.1 Å². The molecule has 1 fully saturated rings. The number of guanidine groups is 1. The lowest BCUT2D eigenvalue weighted by molar-refractivity contribution is -0.767. The van der Waals surface area contributed by atoms with Crippen LogP contribution in [0.2, 0.25) is 0 Å². The van der Waals surface area contributed by atoms with E-state index in [1.165, 1.54) is 25.6 Å². The van der Waals surface area contributed by atoms with Gasteiger partial charge in [0.15, 0.2) is 29.1 Å². The number of fused-ring (bicyclic) bond motifs is 2. The van der Waals surface area contributed by atoms with Crippen molar-refractivity contribution in [3.05, 3.63) is 23.3 Å². The van der Waals surface area contributed by atoms with Crippen LogP contribution in [0.5, 0.6) is 0 Å².